The van der Waals surface area contributed by atoms with Gasteiger partial charge in [0.05, 0.1) is 65.3 Å². The molecule has 3 saturated heterocycles. The summed E-state index contributed by atoms with van der Waals surface area (Å²) < 4.78 is 25.6. The summed E-state index contributed by atoms with van der Waals surface area (Å²) in [6.07, 6.45) is 0.872. The summed E-state index contributed by atoms with van der Waals surface area (Å²) in [6, 6.07) is -2.20. The summed E-state index contributed by atoms with van der Waals surface area (Å²) in [5.41, 5.74) is 9.68. The van der Waals surface area contributed by atoms with Gasteiger partial charge in [-0.15, -0.1) is 12.4 Å². The van der Waals surface area contributed by atoms with E-state index >= 15 is 0 Å². The first-order valence-corrected chi connectivity index (χ1v) is 24.0. The van der Waals surface area contributed by atoms with Crippen LogP contribution in [-0.4, -0.2) is 195 Å². The molecule has 0 aromatic heterocycles. The summed E-state index contributed by atoms with van der Waals surface area (Å²) in [6.45, 7) is 28.9. The minimum absolute atomic E-state index is 0. The number of carbonyl (C=O) groups excluding carboxylic acids is 7. The van der Waals surface area contributed by atoms with Gasteiger partial charge < -0.3 is 76.2 Å². The molecule has 3 rings (SSSR count). The molecule has 70 heavy (non-hydrogen) atoms. The Morgan fingerprint density at radius 2 is 0.871 bits per heavy atom. The van der Waals surface area contributed by atoms with Crippen molar-refractivity contribution in [2.24, 2.45) is 29.2 Å². The van der Waals surface area contributed by atoms with Crippen LogP contribution in [0.3, 0.4) is 0 Å². The lowest BCUT2D eigenvalue weighted by Gasteiger charge is -2.28. The van der Waals surface area contributed by atoms with Gasteiger partial charge in [0.1, 0.15) is 23.3 Å². The monoisotopic (exact) mass is 1030 g/mol. The second kappa shape index (κ2) is 35.5. The molecule has 23 nitrogen and oxygen atoms in total. The third-order valence-electron chi connectivity index (χ3n) is 11.0. The predicted octanol–water partition coefficient (Wildman–Crippen LogP) is 1.47. The Bertz CT molecular complexity index is 1570. The molecular formula is C46H88ClN9O14. The Kier molecular flexibility index (Phi) is 34.3. The number of alkyl carbamates (subject to hydrolysis) is 2. The summed E-state index contributed by atoms with van der Waals surface area (Å²) in [5.74, 6) is -2.02. The smallest absolute Gasteiger partial charge is 0.408 e. The van der Waals surface area contributed by atoms with Crippen molar-refractivity contribution in [2.45, 2.75) is 132 Å². The highest BCUT2D eigenvalue weighted by Crippen LogP contribution is 2.13. The van der Waals surface area contributed by atoms with Crippen LogP contribution in [0.5, 0.6) is 0 Å². The van der Waals surface area contributed by atoms with E-state index in [9.17, 15) is 38.4 Å². The maximum Gasteiger partial charge on any atom is 0.408 e. The molecule has 0 aliphatic carbocycles. The van der Waals surface area contributed by atoms with Gasteiger partial charge in [-0.3, -0.25) is 24.0 Å². The minimum atomic E-state index is -1.04. The normalized spacial score (nSPS) is 17.3. The third-order valence-corrected chi connectivity index (χ3v) is 11.0. The number of aliphatic carboxylic acids is 1. The molecular weight excluding hydrogens is 938 g/mol. The van der Waals surface area contributed by atoms with E-state index in [1.165, 1.54) is 0 Å². The Labute approximate surface area is 421 Å². The standard InChI is InChI=1S/C17H31N3O5.C12H23N3O3.C11H21NO4.C6H12N2O2.ClH/c1-6-12(2)14(19-16(23)25-17(3,4)5)15(22)18-11-13(21)20-7-9-24-10-8-20;1-3-9(2)11(13)12(17)14-8-10(16)15-4-6-18-7-5-15;1-6-7(2)8(9(13)14)12-10(15)16-11(3,4)5;7-5-6(9)8-1-3-10-4-2-8;/h12,14H,6-11H2,1-5H3,(H,18,22)(H,19,23);9,11H,3-8,13H2,1-2H3,(H,14,17);7-8H,6H2,1-5H3,(H,12,15)(H,13,14);1-5,7H2;1H/t12-,14-;9-,11-;7-,8-;;/m000../s1. The third kappa shape index (κ3) is 29.6. The Morgan fingerprint density at radius 1 is 0.557 bits per heavy atom. The van der Waals surface area contributed by atoms with Gasteiger partial charge in [0.2, 0.25) is 29.5 Å². The van der Waals surface area contributed by atoms with Crippen molar-refractivity contribution < 1.29 is 67.1 Å². The summed E-state index contributed by atoms with van der Waals surface area (Å²) in [4.78, 5) is 98.3. The summed E-state index contributed by atoms with van der Waals surface area (Å²) >= 11 is 0. The lowest BCUT2D eigenvalue weighted by atomic mass is 9.98. The van der Waals surface area contributed by atoms with Crippen LogP contribution in [0, 0.1) is 17.8 Å². The van der Waals surface area contributed by atoms with E-state index in [4.69, 9.17) is 40.3 Å². The predicted molar refractivity (Wildman–Crippen MR) is 265 cm³/mol. The van der Waals surface area contributed by atoms with Crippen LogP contribution >= 0.6 is 12.4 Å². The van der Waals surface area contributed by atoms with Gasteiger partial charge in [-0.05, 0) is 59.3 Å². The van der Waals surface area contributed by atoms with Crippen molar-refractivity contribution in [3.8, 4) is 0 Å². The van der Waals surface area contributed by atoms with Crippen LogP contribution in [0.4, 0.5) is 9.59 Å². The van der Waals surface area contributed by atoms with Crippen molar-refractivity contribution in [1.29, 1.82) is 0 Å². The number of rotatable bonds is 16. The average molecular weight is 1030 g/mol. The first-order chi connectivity index (χ1) is 32.2. The highest BCUT2D eigenvalue weighted by molar-refractivity contribution is 5.90. The van der Waals surface area contributed by atoms with E-state index in [1.807, 2.05) is 34.6 Å². The van der Waals surface area contributed by atoms with Crippen LogP contribution < -0.4 is 32.7 Å². The molecule has 24 heteroatoms. The summed E-state index contributed by atoms with van der Waals surface area (Å²) in [7, 11) is 0. The number of carbonyl (C=O) groups is 8. The van der Waals surface area contributed by atoms with E-state index in [0.717, 1.165) is 6.42 Å². The Balaban J connectivity index is 0. The van der Waals surface area contributed by atoms with Crippen molar-refractivity contribution >= 4 is 60.1 Å². The molecule has 6 atom stereocenters. The fourth-order valence-corrected chi connectivity index (χ4v) is 6.11. The average Bonchev–Trinajstić information content (AvgIpc) is 3.32. The second-order valence-corrected chi connectivity index (χ2v) is 18.9. The van der Waals surface area contributed by atoms with E-state index in [-0.39, 0.29) is 79.3 Å². The molecule has 408 valence electrons. The number of amides is 7. The van der Waals surface area contributed by atoms with Crippen molar-refractivity contribution in [3.63, 3.8) is 0 Å². The number of ether oxygens (including phenoxy) is 5. The molecule has 0 bridgehead atoms. The molecule has 0 unspecified atom stereocenters. The molecule has 0 aromatic carbocycles. The molecule has 3 fully saturated rings. The number of halogens is 1. The maximum atomic E-state index is 12.5. The SMILES string of the molecule is CC[C@H](C)[C@H](N)C(=O)NCC(=O)N1CCOCC1.CC[C@H](C)[C@H](NC(=O)OC(C)(C)C)C(=O)NCC(=O)N1CCOCC1.CC[C@H](C)[C@H](NC(=O)OC(C)(C)C)C(=O)O.Cl.NCC(=O)N1CCOCC1. The van der Waals surface area contributed by atoms with Crippen molar-refractivity contribution in [1.82, 2.24) is 36.0 Å². The maximum absolute atomic E-state index is 12.5. The number of carboxylic acids is 1. The molecule has 9 N–H and O–H groups in total. The van der Waals surface area contributed by atoms with Gasteiger partial charge in [0.15, 0.2) is 0 Å². The molecule has 0 radical (unpaired) electrons. The van der Waals surface area contributed by atoms with Crippen molar-refractivity contribution in [2.75, 3.05) is 98.5 Å². The zero-order chi connectivity index (χ0) is 52.9. The number of hydrogen-bond donors (Lipinski definition) is 7. The number of carboxylic acid groups (broad SMARTS) is 1. The molecule has 3 aliphatic heterocycles. The van der Waals surface area contributed by atoms with E-state index in [0.29, 0.717) is 91.8 Å². The summed E-state index contributed by atoms with van der Waals surface area (Å²) in [5, 5.41) is 19.1. The van der Waals surface area contributed by atoms with Crippen LogP contribution in [-0.2, 0) is 52.5 Å². The van der Waals surface area contributed by atoms with E-state index in [2.05, 4.69) is 21.3 Å². The Hall–Kier alpha value is -4.55. The number of nitrogens with two attached hydrogens (primary N) is 2. The van der Waals surface area contributed by atoms with Gasteiger partial charge in [-0.25, -0.2) is 14.4 Å². The largest absolute Gasteiger partial charge is 0.480 e. The van der Waals surface area contributed by atoms with Gasteiger partial charge >= 0.3 is 18.2 Å². The zero-order valence-electron chi connectivity index (χ0n) is 43.9. The van der Waals surface area contributed by atoms with Gasteiger partial charge in [0, 0.05) is 39.3 Å². The molecule has 3 heterocycles. The molecule has 3 aliphatic rings. The zero-order valence-corrected chi connectivity index (χ0v) is 44.7. The first-order valence-electron chi connectivity index (χ1n) is 24.0. The fraction of sp³-hybridized carbons (Fsp3) is 0.826. The molecule has 0 spiro atoms. The lowest BCUT2D eigenvalue weighted by molar-refractivity contribution is -0.141. The van der Waals surface area contributed by atoms with E-state index in [1.54, 1.807) is 63.2 Å². The fourth-order valence-electron chi connectivity index (χ4n) is 6.11. The number of nitrogens with zero attached hydrogens (tertiary/aromatic N) is 3. The first kappa shape index (κ1) is 67.5. The van der Waals surface area contributed by atoms with Crippen LogP contribution in [0.25, 0.3) is 0 Å². The number of nitrogens with one attached hydrogen (secondary N) is 4. The minimum Gasteiger partial charge on any atom is -0.480 e. The number of hydrogen-bond acceptors (Lipinski definition) is 15. The van der Waals surface area contributed by atoms with Gasteiger partial charge in [-0.2, -0.15) is 0 Å². The Morgan fingerprint density at radius 3 is 1.19 bits per heavy atom. The molecule has 7 amide bonds. The highest BCUT2D eigenvalue weighted by atomic mass is 35.5. The lowest BCUT2D eigenvalue weighted by Crippen LogP contribution is -2.53. The van der Waals surface area contributed by atoms with Crippen LogP contribution in [0.15, 0.2) is 0 Å². The molecule has 0 aromatic rings. The van der Waals surface area contributed by atoms with Crippen molar-refractivity contribution in [3.05, 3.63) is 0 Å². The highest BCUT2D eigenvalue weighted by Gasteiger charge is 2.30. The van der Waals surface area contributed by atoms with Crippen LogP contribution in [0.2, 0.25) is 0 Å². The second-order valence-electron chi connectivity index (χ2n) is 18.9. The topological polar surface area (TPSA) is 313 Å². The number of morpholine rings is 3. The molecule has 0 saturated carbocycles. The van der Waals surface area contributed by atoms with E-state index < -0.39 is 47.5 Å². The quantitative estimate of drug-likeness (QED) is 0.115. The van der Waals surface area contributed by atoms with Crippen LogP contribution in [0.1, 0.15) is 102 Å². The van der Waals surface area contributed by atoms with Gasteiger partial charge in [0.25, 0.3) is 0 Å². The van der Waals surface area contributed by atoms with Gasteiger partial charge in [-0.1, -0.05) is 60.8 Å².